The number of hydrogen-bond acceptors (Lipinski definition) is 5. The van der Waals surface area contributed by atoms with Gasteiger partial charge in [-0.15, -0.1) is 0 Å². The van der Waals surface area contributed by atoms with Crippen molar-refractivity contribution in [3.63, 3.8) is 0 Å². The molecule has 0 saturated carbocycles. The Morgan fingerprint density at radius 2 is 2.27 bits per heavy atom. The molecule has 1 saturated heterocycles. The van der Waals surface area contributed by atoms with Crippen molar-refractivity contribution in [1.82, 2.24) is 23.8 Å². The van der Waals surface area contributed by atoms with E-state index in [4.69, 9.17) is 0 Å². The zero-order valence-electron chi connectivity index (χ0n) is 14.9. The number of imidazole rings is 1. The number of hydrogen-bond donors (Lipinski definition) is 2. The van der Waals surface area contributed by atoms with Gasteiger partial charge in [0, 0.05) is 24.7 Å². The number of aromatic nitrogens is 4. The third-order valence-corrected chi connectivity index (χ3v) is 7.02. The predicted molar refractivity (Wildman–Crippen MR) is 99.3 cm³/mol. The van der Waals surface area contributed by atoms with Crippen LogP contribution in [0.15, 0.2) is 18.5 Å². The van der Waals surface area contributed by atoms with Crippen LogP contribution >= 0.6 is 0 Å². The smallest absolute Gasteiger partial charge is 0.214 e. The average Bonchev–Trinajstić information content (AvgIpc) is 3.30. The van der Waals surface area contributed by atoms with Gasteiger partial charge in [0.2, 0.25) is 10.0 Å². The van der Waals surface area contributed by atoms with E-state index in [2.05, 4.69) is 15.0 Å². The fraction of sp³-hybridized carbons (Fsp3) is 0.529. The molecule has 140 valence electrons. The Labute approximate surface area is 151 Å². The van der Waals surface area contributed by atoms with Gasteiger partial charge in [0.15, 0.2) is 0 Å². The molecule has 2 atom stereocenters. The summed E-state index contributed by atoms with van der Waals surface area (Å²) >= 11 is 0. The lowest BCUT2D eigenvalue weighted by Gasteiger charge is -2.20. The van der Waals surface area contributed by atoms with Gasteiger partial charge in [-0.1, -0.05) is 6.92 Å². The highest BCUT2D eigenvalue weighted by Gasteiger charge is 2.34. The van der Waals surface area contributed by atoms with E-state index in [9.17, 15) is 13.5 Å². The van der Waals surface area contributed by atoms with E-state index >= 15 is 0 Å². The number of pyridine rings is 1. The first-order chi connectivity index (χ1) is 12.4. The van der Waals surface area contributed by atoms with Crippen molar-refractivity contribution in [3.05, 3.63) is 24.3 Å². The van der Waals surface area contributed by atoms with Crippen molar-refractivity contribution in [2.45, 2.75) is 38.8 Å². The Morgan fingerprint density at radius 3 is 3.00 bits per heavy atom. The molecule has 0 aromatic carbocycles. The Morgan fingerprint density at radius 1 is 1.46 bits per heavy atom. The molecule has 0 bridgehead atoms. The summed E-state index contributed by atoms with van der Waals surface area (Å²) in [5, 5.41) is 11.2. The molecule has 0 spiro atoms. The van der Waals surface area contributed by atoms with Crippen molar-refractivity contribution in [2.24, 2.45) is 0 Å². The summed E-state index contributed by atoms with van der Waals surface area (Å²) in [6.45, 7) is 4.45. The minimum atomic E-state index is -3.23. The zero-order chi connectivity index (χ0) is 18.5. The monoisotopic (exact) mass is 377 g/mol. The minimum absolute atomic E-state index is 0.0586. The molecule has 0 unspecified atom stereocenters. The molecule has 2 N–H and O–H groups in total. The second kappa shape index (κ2) is 6.33. The number of fused-ring (bicyclic) bond motifs is 3. The van der Waals surface area contributed by atoms with Gasteiger partial charge in [0.25, 0.3) is 0 Å². The maximum atomic E-state index is 12.4. The summed E-state index contributed by atoms with van der Waals surface area (Å²) in [4.78, 5) is 12.0. The van der Waals surface area contributed by atoms with E-state index < -0.39 is 16.1 Å². The molecule has 0 radical (unpaired) electrons. The van der Waals surface area contributed by atoms with Crippen molar-refractivity contribution in [2.75, 3.05) is 18.8 Å². The standard InChI is InChI=1S/C17H23N5O3S/c1-3-8-26(24,25)21-7-5-12(10-21)22-15-13-4-6-18-16(13)19-9-14(15)20-17(22)11(2)23/h4,6,9,11-12,23H,3,5,7-8,10H2,1-2H3,(H,18,19)/t11-,12+/m1/s1. The number of sulfonamides is 1. The highest BCUT2D eigenvalue weighted by Crippen LogP contribution is 2.34. The zero-order valence-corrected chi connectivity index (χ0v) is 15.7. The SMILES string of the molecule is CCCS(=O)(=O)N1CC[C@H](n2c([C@@H](C)O)nc3cnc4[nH]ccc4c32)C1. The molecule has 3 aromatic rings. The second-order valence-electron chi connectivity index (χ2n) is 6.86. The molecule has 9 heteroatoms. The molecular formula is C17H23N5O3S. The summed E-state index contributed by atoms with van der Waals surface area (Å²) in [5.74, 6) is 0.717. The third-order valence-electron chi connectivity index (χ3n) is 4.98. The molecule has 4 rings (SSSR count). The number of H-pyrrole nitrogens is 1. The van der Waals surface area contributed by atoms with Gasteiger partial charge >= 0.3 is 0 Å². The van der Waals surface area contributed by atoms with Crippen molar-refractivity contribution < 1.29 is 13.5 Å². The number of rotatable bonds is 5. The van der Waals surface area contributed by atoms with E-state index in [1.807, 2.05) is 23.8 Å². The van der Waals surface area contributed by atoms with Crippen LogP contribution in [0.1, 0.15) is 44.7 Å². The van der Waals surface area contributed by atoms with Gasteiger partial charge in [-0.2, -0.15) is 4.31 Å². The van der Waals surface area contributed by atoms with Crippen LogP contribution in [0.25, 0.3) is 22.1 Å². The maximum absolute atomic E-state index is 12.4. The van der Waals surface area contributed by atoms with Crippen LogP contribution in [-0.2, 0) is 10.0 Å². The first kappa shape index (κ1) is 17.4. The van der Waals surface area contributed by atoms with E-state index in [0.29, 0.717) is 37.3 Å². The Kier molecular flexibility index (Phi) is 4.25. The number of nitrogens with one attached hydrogen (secondary N) is 1. The molecule has 0 amide bonds. The van der Waals surface area contributed by atoms with Crippen LogP contribution in [0, 0.1) is 0 Å². The van der Waals surface area contributed by atoms with E-state index in [1.54, 1.807) is 17.4 Å². The predicted octanol–water partition coefficient (Wildman–Crippen LogP) is 1.95. The lowest BCUT2D eigenvalue weighted by atomic mass is 10.2. The lowest BCUT2D eigenvalue weighted by Crippen LogP contribution is -2.31. The summed E-state index contributed by atoms with van der Waals surface area (Å²) in [5.41, 5.74) is 2.36. The van der Waals surface area contributed by atoms with Crippen LogP contribution in [-0.4, -0.2) is 56.2 Å². The van der Waals surface area contributed by atoms with Crippen LogP contribution < -0.4 is 0 Å². The lowest BCUT2D eigenvalue weighted by molar-refractivity contribution is 0.182. The summed E-state index contributed by atoms with van der Waals surface area (Å²) in [7, 11) is -3.23. The van der Waals surface area contributed by atoms with Gasteiger partial charge < -0.3 is 14.7 Å². The van der Waals surface area contributed by atoms with Gasteiger partial charge in [-0.25, -0.2) is 18.4 Å². The molecule has 0 aliphatic carbocycles. The Hall–Kier alpha value is -1.97. The van der Waals surface area contributed by atoms with E-state index in [-0.39, 0.29) is 11.8 Å². The van der Waals surface area contributed by atoms with Crippen LogP contribution in [0.3, 0.4) is 0 Å². The molecular weight excluding hydrogens is 354 g/mol. The summed E-state index contributed by atoms with van der Waals surface area (Å²) in [6.07, 6.45) is 4.06. The third kappa shape index (κ3) is 2.70. The van der Waals surface area contributed by atoms with Crippen LogP contribution in [0.4, 0.5) is 0 Å². The fourth-order valence-electron chi connectivity index (χ4n) is 3.84. The maximum Gasteiger partial charge on any atom is 0.214 e. The van der Waals surface area contributed by atoms with Crippen LogP contribution in [0.5, 0.6) is 0 Å². The molecule has 4 heterocycles. The minimum Gasteiger partial charge on any atom is -0.385 e. The number of aromatic amines is 1. The van der Waals surface area contributed by atoms with E-state index in [0.717, 1.165) is 16.6 Å². The molecule has 1 aliphatic rings. The fourth-order valence-corrected chi connectivity index (χ4v) is 5.39. The number of aliphatic hydroxyl groups excluding tert-OH is 1. The van der Waals surface area contributed by atoms with E-state index in [1.165, 1.54) is 0 Å². The highest BCUT2D eigenvalue weighted by atomic mass is 32.2. The van der Waals surface area contributed by atoms with Crippen molar-refractivity contribution >= 4 is 32.1 Å². The van der Waals surface area contributed by atoms with Crippen molar-refractivity contribution in [3.8, 4) is 0 Å². The Balaban J connectivity index is 1.83. The summed E-state index contributed by atoms with van der Waals surface area (Å²) < 4.78 is 28.5. The highest BCUT2D eigenvalue weighted by molar-refractivity contribution is 7.89. The van der Waals surface area contributed by atoms with Crippen molar-refractivity contribution in [1.29, 1.82) is 0 Å². The Bertz CT molecular complexity index is 1050. The van der Waals surface area contributed by atoms with Gasteiger partial charge in [-0.05, 0) is 25.8 Å². The largest absolute Gasteiger partial charge is 0.385 e. The van der Waals surface area contributed by atoms with Gasteiger partial charge in [0.1, 0.15) is 23.1 Å². The topological polar surface area (TPSA) is 104 Å². The first-order valence-electron chi connectivity index (χ1n) is 8.92. The normalized spacial score (nSPS) is 20.3. The van der Waals surface area contributed by atoms with Crippen LogP contribution in [0.2, 0.25) is 0 Å². The molecule has 8 nitrogen and oxygen atoms in total. The average molecular weight is 377 g/mol. The number of nitrogens with zero attached hydrogens (tertiary/aromatic N) is 4. The quantitative estimate of drug-likeness (QED) is 0.707. The van der Waals surface area contributed by atoms with Gasteiger partial charge in [-0.3, -0.25) is 0 Å². The molecule has 1 aliphatic heterocycles. The molecule has 3 aromatic heterocycles. The molecule has 1 fully saturated rings. The number of aliphatic hydroxyl groups is 1. The van der Waals surface area contributed by atoms with Gasteiger partial charge in [0.05, 0.1) is 23.5 Å². The summed E-state index contributed by atoms with van der Waals surface area (Å²) in [6, 6.07) is 1.88. The molecule has 26 heavy (non-hydrogen) atoms. The first-order valence-corrected chi connectivity index (χ1v) is 10.5. The second-order valence-corrected chi connectivity index (χ2v) is 8.95.